The summed E-state index contributed by atoms with van der Waals surface area (Å²) < 4.78 is 24.4. The van der Waals surface area contributed by atoms with E-state index in [1.807, 2.05) is 0 Å². The maximum Gasteiger partial charge on any atom is 0.260 e. The Hall–Kier alpha value is -2.11. The number of benzene rings is 2. The van der Waals surface area contributed by atoms with E-state index in [0.717, 1.165) is 25.0 Å². The highest BCUT2D eigenvalue weighted by atomic mass is 35.5. The van der Waals surface area contributed by atoms with Gasteiger partial charge in [-0.25, -0.2) is 4.39 Å². The molecule has 2 aromatic rings. The average Bonchev–Trinajstić information content (AvgIpc) is 3.14. The lowest BCUT2D eigenvalue weighted by atomic mass is 10.1. The maximum atomic E-state index is 13.1. The first-order chi connectivity index (χ1) is 12.6. The van der Waals surface area contributed by atoms with Crippen LogP contribution in [0, 0.1) is 5.82 Å². The molecule has 0 aliphatic carbocycles. The quantitative estimate of drug-likeness (QED) is 0.730. The molecule has 4 nitrogen and oxygen atoms in total. The van der Waals surface area contributed by atoms with Crippen molar-refractivity contribution in [3.63, 3.8) is 0 Å². The van der Waals surface area contributed by atoms with E-state index < -0.39 is 0 Å². The van der Waals surface area contributed by atoms with Crippen LogP contribution >= 0.6 is 11.6 Å². The van der Waals surface area contributed by atoms with E-state index in [9.17, 15) is 9.18 Å². The van der Waals surface area contributed by atoms with Crippen LogP contribution in [0.4, 0.5) is 4.39 Å². The Morgan fingerprint density at radius 1 is 1.27 bits per heavy atom. The van der Waals surface area contributed by atoms with Crippen LogP contribution in [-0.2, 0) is 16.1 Å². The molecule has 1 aliphatic heterocycles. The minimum Gasteiger partial charge on any atom is -0.484 e. The summed E-state index contributed by atoms with van der Waals surface area (Å²) in [4.78, 5) is 14.4. The molecule has 1 saturated heterocycles. The Balaban J connectivity index is 1.64. The normalized spacial score (nSPS) is 16.5. The monoisotopic (exact) mass is 377 g/mol. The van der Waals surface area contributed by atoms with Gasteiger partial charge < -0.3 is 14.4 Å². The van der Waals surface area contributed by atoms with E-state index in [0.29, 0.717) is 23.9 Å². The van der Waals surface area contributed by atoms with Gasteiger partial charge in [-0.2, -0.15) is 0 Å². The molecule has 138 valence electrons. The Morgan fingerprint density at radius 2 is 2.08 bits per heavy atom. The first-order valence-electron chi connectivity index (χ1n) is 8.62. The van der Waals surface area contributed by atoms with Gasteiger partial charge in [-0.05, 0) is 48.7 Å². The summed E-state index contributed by atoms with van der Waals surface area (Å²) in [7, 11) is 0. The fourth-order valence-corrected chi connectivity index (χ4v) is 3.07. The van der Waals surface area contributed by atoms with Gasteiger partial charge in [0, 0.05) is 24.7 Å². The lowest BCUT2D eigenvalue weighted by molar-refractivity contribution is -0.135. The SMILES string of the molecule is O=C(COc1cccc(Cl)c1)N(Cc1ccc(F)cc1)CC1CCCO1. The van der Waals surface area contributed by atoms with Crippen LogP contribution in [0.15, 0.2) is 48.5 Å². The Kier molecular flexibility index (Phi) is 6.47. The van der Waals surface area contributed by atoms with Gasteiger partial charge in [0.1, 0.15) is 11.6 Å². The van der Waals surface area contributed by atoms with Gasteiger partial charge in [0.15, 0.2) is 6.61 Å². The summed E-state index contributed by atoms with van der Waals surface area (Å²) in [6.45, 7) is 1.52. The Bertz CT molecular complexity index is 732. The third kappa shape index (κ3) is 5.44. The van der Waals surface area contributed by atoms with Crippen molar-refractivity contribution in [2.24, 2.45) is 0 Å². The third-order valence-corrected chi connectivity index (χ3v) is 4.48. The molecule has 1 aliphatic rings. The number of amides is 1. The molecule has 1 fully saturated rings. The van der Waals surface area contributed by atoms with Crippen LogP contribution in [0.2, 0.25) is 5.02 Å². The minimum atomic E-state index is -0.296. The molecule has 1 heterocycles. The van der Waals surface area contributed by atoms with Gasteiger partial charge in [0.05, 0.1) is 6.10 Å². The van der Waals surface area contributed by atoms with E-state index >= 15 is 0 Å². The van der Waals surface area contributed by atoms with Crippen LogP contribution < -0.4 is 4.74 Å². The molecular formula is C20H21ClFNO3. The number of carbonyl (C=O) groups excluding carboxylic acids is 1. The molecular weight excluding hydrogens is 357 g/mol. The number of ether oxygens (including phenoxy) is 2. The van der Waals surface area contributed by atoms with Crippen LogP contribution in [0.5, 0.6) is 5.75 Å². The molecule has 0 N–H and O–H groups in total. The van der Waals surface area contributed by atoms with Crippen molar-refractivity contribution in [1.29, 1.82) is 0 Å². The number of rotatable bonds is 7. The van der Waals surface area contributed by atoms with Gasteiger partial charge in [-0.3, -0.25) is 4.79 Å². The molecule has 0 radical (unpaired) electrons. The van der Waals surface area contributed by atoms with Crippen molar-refractivity contribution < 1.29 is 18.7 Å². The van der Waals surface area contributed by atoms with Crippen molar-refractivity contribution in [2.75, 3.05) is 19.8 Å². The second kappa shape index (κ2) is 9.01. The molecule has 1 amide bonds. The molecule has 1 unspecified atom stereocenters. The van der Waals surface area contributed by atoms with Gasteiger partial charge in [0.25, 0.3) is 5.91 Å². The van der Waals surface area contributed by atoms with Crippen molar-refractivity contribution >= 4 is 17.5 Å². The second-order valence-corrected chi connectivity index (χ2v) is 6.72. The topological polar surface area (TPSA) is 38.8 Å². The molecule has 0 spiro atoms. The summed E-state index contributed by atoms with van der Waals surface area (Å²) in [6.07, 6.45) is 1.97. The Labute approximate surface area is 157 Å². The van der Waals surface area contributed by atoms with Crippen LogP contribution in [0.3, 0.4) is 0 Å². The van der Waals surface area contributed by atoms with Crippen LogP contribution in [0.25, 0.3) is 0 Å². The lowest BCUT2D eigenvalue weighted by Crippen LogP contribution is -2.39. The number of hydrogen-bond acceptors (Lipinski definition) is 3. The first kappa shape index (κ1) is 18.7. The molecule has 2 aromatic carbocycles. The summed E-state index contributed by atoms with van der Waals surface area (Å²) in [6, 6.07) is 13.1. The fraction of sp³-hybridized carbons (Fsp3) is 0.350. The summed E-state index contributed by atoms with van der Waals surface area (Å²) in [5, 5.41) is 0.553. The average molecular weight is 378 g/mol. The summed E-state index contributed by atoms with van der Waals surface area (Å²) in [5.74, 6) is 0.101. The van der Waals surface area contributed by atoms with Crippen LogP contribution in [0.1, 0.15) is 18.4 Å². The molecule has 6 heteroatoms. The van der Waals surface area contributed by atoms with E-state index in [4.69, 9.17) is 21.1 Å². The number of carbonyl (C=O) groups is 1. The van der Waals surface area contributed by atoms with Gasteiger partial charge in [-0.15, -0.1) is 0 Å². The predicted octanol–water partition coefficient (Wildman–Crippen LogP) is 4.07. The standard InChI is InChI=1S/C20H21ClFNO3/c21-16-3-1-4-18(11-16)26-14-20(24)23(13-19-5-2-10-25-19)12-15-6-8-17(22)9-7-15/h1,3-4,6-9,11,19H,2,5,10,12-14H2. The predicted molar refractivity (Wildman–Crippen MR) is 97.7 cm³/mol. The van der Waals surface area contributed by atoms with E-state index in [1.165, 1.54) is 12.1 Å². The van der Waals surface area contributed by atoms with Gasteiger partial charge in [0.2, 0.25) is 0 Å². The van der Waals surface area contributed by atoms with Crippen molar-refractivity contribution in [3.8, 4) is 5.75 Å². The van der Waals surface area contributed by atoms with Crippen molar-refractivity contribution in [1.82, 2.24) is 4.90 Å². The zero-order chi connectivity index (χ0) is 18.4. The minimum absolute atomic E-state index is 0.0329. The van der Waals surface area contributed by atoms with E-state index in [1.54, 1.807) is 41.3 Å². The smallest absolute Gasteiger partial charge is 0.260 e. The highest BCUT2D eigenvalue weighted by molar-refractivity contribution is 6.30. The molecule has 3 rings (SSSR count). The molecule has 0 saturated carbocycles. The summed E-state index contributed by atoms with van der Waals surface area (Å²) >= 11 is 5.93. The zero-order valence-electron chi connectivity index (χ0n) is 14.4. The van der Waals surface area contributed by atoms with Gasteiger partial charge in [-0.1, -0.05) is 29.8 Å². The molecule has 0 aromatic heterocycles. The second-order valence-electron chi connectivity index (χ2n) is 6.28. The molecule has 26 heavy (non-hydrogen) atoms. The Morgan fingerprint density at radius 3 is 2.77 bits per heavy atom. The highest BCUT2D eigenvalue weighted by Gasteiger charge is 2.23. The van der Waals surface area contributed by atoms with Crippen LogP contribution in [-0.4, -0.2) is 36.7 Å². The van der Waals surface area contributed by atoms with Crippen molar-refractivity contribution in [3.05, 3.63) is 64.9 Å². The summed E-state index contributed by atoms with van der Waals surface area (Å²) in [5.41, 5.74) is 0.862. The van der Waals surface area contributed by atoms with Gasteiger partial charge >= 0.3 is 0 Å². The number of halogens is 2. The maximum absolute atomic E-state index is 13.1. The number of hydrogen-bond donors (Lipinski definition) is 0. The van der Waals surface area contributed by atoms with Crippen molar-refractivity contribution in [2.45, 2.75) is 25.5 Å². The zero-order valence-corrected chi connectivity index (χ0v) is 15.1. The molecule has 0 bridgehead atoms. The van der Waals surface area contributed by atoms with E-state index in [2.05, 4.69) is 0 Å². The first-order valence-corrected chi connectivity index (χ1v) is 9.00. The third-order valence-electron chi connectivity index (χ3n) is 4.25. The lowest BCUT2D eigenvalue weighted by Gasteiger charge is -2.25. The number of nitrogens with zero attached hydrogens (tertiary/aromatic N) is 1. The largest absolute Gasteiger partial charge is 0.484 e. The highest BCUT2D eigenvalue weighted by Crippen LogP contribution is 2.18. The van der Waals surface area contributed by atoms with E-state index in [-0.39, 0.29) is 24.4 Å². The molecule has 1 atom stereocenters. The fourth-order valence-electron chi connectivity index (χ4n) is 2.89.